The van der Waals surface area contributed by atoms with E-state index in [1.165, 1.54) is 6.07 Å². The van der Waals surface area contributed by atoms with Crippen molar-refractivity contribution < 1.29 is 14.8 Å². The fourth-order valence-electron chi connectivity index (χ4n) is 2.02. The van der Waals surface area contributed by atoms with Gasteiger partial charge in [-0.2, -0.15) is 0 Å². The van der Waals surface area contributed by atoms with Gasteiger partial charge in [0.2, 0.25) is 0 Å². The van der Waals surface area contributed by atoms with Gasteiger partial charge in [-0.25, -0.2) is 0 Å². The zero-order valence-electron chi connectivity index (χ0n) is 11.4. The molecule has 0 radical (unpaired) electrons. The van der Waals surface area contributed by atoms with Crippen LogP contribution < -0.4 is 4.74 Å². The largest absolute Gasteiger partial charge is 0.488 e. The average Bonchev–Trinajstić information content (AvgIpc) is 2.46. The minimum atomic E-state index is -0.436. The second-order valence-electron chi connectivity index (χ2n) is 4.54. The van der Waals surface area contributed by atoms with Crippen LogP contribution >= 0.6 is 15.9 Å². The van der Waals surface area contributed by atoms with E-state index < -0.39 is 4.92 Å². The van der Waals surface area contributed by atoms with E-state index in [1.54, 1.807) is 18.2 Å². The third-order valence-electron chi connectivity index (χ3n) is 3.08. The molecule has 0 atom stereocenters. The molecule has 110 valence electrons. The third-order valence-corrected chi connectivity index (χ3v) is 3.57. The number of hydrogen-bond donors (Lipinski definition) is 1. The lowest BCUT2D eigenvalue weighted by atomic mass is 10.1. The Labute approximate surface area is 130 Å². The van der Waals surface area contributed by atoms with E-state index in [2.05, 4.69) is 15.9 Å². The molecule has 21 heavy (non-hydrogen) atoms. The smallest absolute Gasteiger partial charge is 0.277 e. The zero-order chi connectivity index (χ0) is 15.4. The molecule has 0 aromatic heterocycles. The van der Waals surface area contributed by atoms with Crippen LogP contribution in [0.5, 0.6) is 5.75 Å². The SMILES string of the molecule is Cc1cccc(CO)c1OCc1ccc(Br)cc1[N+](=O)[O-]. The Kier molecular flexibility index (Phi) is 4.93. The summed E-state index contributed by atoms with van der Waals surface area (Å²) in [6.07, 6.45) is 0. The highest BCUT2D eigenvalue weighted by atomic mass is 79.9. The summed E-state index contributed by atoms with van der Waals surface area (Å²) < 4.78 is 6.34. The molecule has 0 amide bonds. The normalized spacial score (nSPS) is 10.4. The molecule has 1 N–H and O–H groups in total. The summed E-state index contributed by atoms with van der Waals surface area (Å²) in [7, 11) is 0. The molecule has 0 aliphatic carbocycles. The van der Waals surface area contributed by atoms with Crippen molar-refractivity contribution in [2.75, 3.05) is 0 Å². The van der Waals surface area contributed by atoms with Gasteiger partial charge in [-0.3, -0.25) is 10.1 Å². The molecule has 0 unspecified atom stereocenters. The fourth-order valence-corrected chi connectivity index (χ4v) is 2.37. The molecule has 6 heteroatoms. The summed E-state index contributed by atoms with van der Waals surface area (Å²) in [6, 6.07) is 10.3. The lowest BCUT2D eigenvalue weighted by Crippen LogP contribution is -2.03. The number of halogens is 1. The molecule has 2 aromatic carbocycles. The van der Waals surface area contributed by atoms with Gasteiger partial charge >= 0.3 is 0 Å². The summed E-state index contributed by atoms with van der Waals surface area (Å²) in [5.74, 6) is 0.567. The number of aliphatic hydroxyl groups is 1. The summed E-state index contributed by atoms with van der Waals surface area (Å²) in [5.41, 5.74) is 2.02. The number of aryl methyl sites for hydroxylation is 1. The molecule has 0 fully saturated rings. The minimum Gasteiger partial charge on any atom is -0.488 e. The van der Waals surface area contributed by atoms with Crippen molar-refractivity contribution in [1.29, 1.82) is 0 Å². The Morgan fingerprint density at radius 1 is 1.29 bits per heavy atom. The quantitative estimate of drug-likeness (QED) is 0.657. The van der Waals surface area contributed by atoms with Crippen LogP contribution in [-0.4, -0.2) is 10.0 Å². The van der Waals surface area contributed by atoms with Gasteiger partial charge in [0.25, 0.3) is 5.69 Å². The van der Waals surface area contributed by atoms with E-state index >= 15 is 0 Å². The number of hydrogen-bond acceptors (Lipinski definition) is 4. The van der Waals surface area contributed by atoms with E-state index in [1.807, 2.05) is 19.1 Å². The number of nitro benzene ring substituents is 1. The van der Waals surface area contributed by atoms with Crippen LogP contribution in [0.3, 0.4) is 0 Å². The minimum absolute atomic E-state index is 0.00325. The molecule has 0 aliphatic heterocycles. The van der Waals surface area contributed by atoms with Gasteiger partial charge in [0.15, 0.2) is 0 Å². The second-order valence-corrected chi connectivity index (χ2v) is 5.46. The van der Waals surface area contributed by atoms with E-state index in [0.717, 1.165) is 5.56 Å². The van der Waals surface area contributed by atoms with Crippen molar-refractivity contribution in [1.82, 2.24) is 0 Å². The summed E-state index contributed by atoms with van der Waals surface area (Å²) >= 11 is 3.22. The summed E-state index contributed by atoms with van der Waals surface area (Å²) in [5, 5.41) is 20.4. The van der Waals surface area contributed by atoms with Crippen molar-refractivity contribution in [2.45, 2.75) is 20.1 Å². The number of rotatable bonds is 5. The Morgan fingerprint density at radius 3 is 2.71 bits per heavy atom. The maximum absolute atomic E-state index is 11.1. The van der Waals surface area contributed by atoms with E-state index in [9.17, 15) is 15.2 Å². The van der Waals surface area contributed by atoms with Crippen LogP contribution in [0.15, 0.2) is 40.9 Å². The number of aliphatic hydroxyl groups excluding tert-OH is 1. The molecule has 0 saturated carbocycles. The first-order valence-electron chi connectivity index (χ1n) is 6.28. The molecule has 5 nitrogen and oxygen atoms in total. The van der Waals surface area contributed by atoms with Gasteiger partial charge in [0, 0.05) is 16.1 Å². The predicted octanol–water partition coefficient (Wildman–Crippen LogP) is 3.74. The van der Waals surface area contributed by atoms with Crippen molar-refractivity contribution in [2.24, 2.45) is 0 Å². The van der Waals surface area contributed by atoms with Gasteiger partial charge in [0.1, 0.15) is 12.4 Å². The number of ether oxygens (including phenoxy) is 1. The molecule has 2 aromatic rings. The highest BCUT2D eigenvalue weighted by Crippen LogP contribution is 2.28. The van der Waals surface area contributed by atoms with Gasteiger partial charge in [0.05, 0.1) is 17.1 Å². The zero-order valence-corrected chi connectivity index (χ0v) is 13.0. The van der Waals surface area contributed by atoms with Crippen LogP contribution in [0.4, 0.5) is 5.69 Å². The number of benzene rings is 2. The summed E-state index contributed by atoms with van der Waals surface area (Å²) in [6.45, 7) is 1.80. The number of nitro groups is 1. The standard InChI is InChI=1S/C15H14BrNO4/c1-10-3-2-4-11(8-18)15(10)21-9-12-5-6-13(16)7-14(12)17(19)20/h2-7,18H,8-9H2,1H3. The lowest BCUT2D eigenvalue weighted by molar-refractivity contribution is -0.385. The van der Waals surface area contributed by atoms with Gasteiger partial charge < -0.3 is 9.84 Å². The first-order valence-corrected chi connectivity index (χ1v) is 7.07. The first-order chi connectivity index (χ1) is 10.0. The van der Waals surface area contributed by atoms with Crippen LogP contribution in [0, 0.1) is 17.0 Å². The third kappa shape index (κ3) is 3.59. The molecule has 0 bridgehead atoms. The fraction of sp³-hybridized carbons (Fsp3) is 0.200. The molecular weight excluding hydrogens is 338 g/mol. The monoisotopic (exact) mass is 351 g/mol. The van der Waals surface area contributed by atoms with Crippen LogP contribution in [-0.2, 0) is 13.2 Å². The second kappa shape index (κ2) is 6.69. The Hall–Kier alpha value is -1.92. The summed E-state index contributed by atoms with van der Waals surface area (Å²) in [4.78, 5) is 10.6. The van der Waals surface area contributed by atoms with Crippen molar-refractivity contribution in [3.05, 3.63) is 67.7 Å². The molecular formula is C15H14BrNO4. The highest BCUT2D eigenvalue weighted by Gasteiger charge is 2.15. The van der Waals surface area contributed by atoms with Crippen molar-refractivity contribution >= 4 is 21.6 Å². The van der Waals surface area contributed by atoms with Crippen LogP contribution in [0.1, 0.15) is 16.7 Å². The van der Waals surface area contributed by atoms with Crippen molar-refractivity contribution in [3.63, 3.8) is 0 Å². The highest BCUT2D eigenvalue weighted by molar-refractivity contribution is 9.10. The molecule has 0 heterocycles. The molecule has 0 aliphatic rings. The van der Waals surface area contributed by atoms with Gasteiger partial charge in [-0.05, 0) is 24.6 Å². The number of para-hydroxylation sites is 1. The maximum atomic E-state index is 11.1. The average molecular weight is 352 g/mol. The predicted molar refractivity (Wildman–Crippen MR) is 82.2 cm³/mol. The maximum Gasteiger partial charge on any atom is 0.277 e. The van der Waals surface area contributed by atoms with Crippen molar-refractivity contribution in [3.8, 4) is 5.75 Å². The molecule has 0 spiro atoms. The Morgan fingerprint density at radius 2 is 2.05 bits per heavy atom. The topological polar surface area (TPSA) is 72.6 Å². The van der Waals surface area contributed by atoms with Crippen LogP contribution in [0.2, 0.25) is 0 Å². The van der Waals surface area contributed by atoms with Gasteiger partial charge in [-0.15, -0.1) is 0 Å². The Bertz CT molecular complexity index is 673. The number of nitrogens with zero attached hydrogens (tertiary/aromatic N) is 1. The van der Waals surface area contributed by atoms with Gasteiger partial charge in [-0.1, -0.05) is 34.1 Å². The molecule has 0 saturated heterocycles. The van der Waals surface area contributed by atoms with Crippen LogP contribution in [0.25, 0.3) is 0 Å². The first kappa shape index (κ1) is 15.5. The van der Waals surface area contributed by atoms with E-state index in [-0.39, 0.29) is 18.9 Å². The van der Waals surface area contributed by atoms with E-state index in [0.29, 0.717) is 21.3 Å². The Balaban J connectivity index is 2.27. The molecule has 2 rings (SSSR count). The lowest BCUT2D eigenvalue weighted by Gasteiger charge is -2.13. The van der Waals surface area contributed by atoms with E-state index in [4.69, 9.17) is 4.74 Å².